The molecule has 2 heterocycles. The fourth-order valence-electron chi connectivity index (χ4n) is 5.38. The van der Waals surface area contributed by atoms with Crippen molar-refractivity contribution in [1.82, 2.24) is 0 Å². The van der Waals surface area contributed by atoms with Crippen molar-refractivity contribution in [2.45, 2.75) is 68.7 Å². The molecule has 5 atom stereocenters. The third kappa shape index (κ3) is 5.23. The highest BCUT2D eigenvalue weighted by atomic mass is 35.5. The quantitative estimate of drug-likeness (QED) is 0.479. The number of halogens is 1. The number of benzene rings is 2. The van der Waals surface area contributed by atoms with Crippen molar-refractivity contribution in [3.05, 3.63) is 64.2 Å². The van der Waals surface area contributed by atoms with Crippen LogP contribution in [0.2, 0.25) is 5.02 Å². The van der Waals surface area contributed by atoms with Crippen molar-refractivity contribution in [1.29, 1.82) is 0 Å². The lowest BCUT2D eigenvalue weighted by molar-refractivity contribution is -0.231. The molecule has 1 unspecified atom stereocenters. The normalized spacial score (nSPS) is 30.7. The van der Waals surface area contributed by atoms with Crippen LogP contribution < -0.4 is 4.74 Å². The highest BCUT2D eigenvalue weighted by molar-refractivity contribution is 6.31. The molecule has 2 saturated heterocycles. The third-order valence-electron chi connectivity index (χ3n) is 7.72. The summed E-state index contributed by atoms with van der Waals surface area (Å²) in [5.41, 5.74) is 2.93. The van der Waals surface area contributed by atoms with Crippen LogP contribution in [0.5, 0.6) is 5.75 Å². The first-order valence-electron chi connectivity index (χ1n) is 12.3. The zero-order valence-corrected chi connectivity index (χ0v) is 20.3. The smallest absolute Gasteiger partial charge is 0.119 e. The number of aliphatic hydroxyl groups is 4. The molecule has 3 fully saturated rings. The molecule has 2 aromatic rings. The zero-order valence-electron chi connectivity index (χ0n) is 19.6. The largest absolute Gasteiger partial charge is 0.490 e. The van der Waals surface area contributed by atoms with Crippen LogP contribution in [0, 0.1) is 5.41 Å². The van der Waals surface area contributed by atoms with Crippen LogP contribution in [-0.2, 0) is 15.9 Å². The second-order valence-corrected chi connectivity index (χ2v) is 10.6. The molecule has 0 bridgehead atoms. The van der Waals surface area contributed by atoms with E-state index in [2.05, 4.69) is 0 Å². The maximum absolute atomic E-state index is 10.5. The molecule has 0 radical (unpaired) electrons. The van der Waals surface area contributed by atoms with E-state index in [1.165, 1.54) is 12.8 Å². The Labute approximate surface area is 210 Å². The van der Waals surface area contributed by atoms with E-state index in [4.69, 9.17) is 25.8 Å². The van der Waals surface area contributed by atoms with Gasteiger partial charge in [0.05, 0.1) is 25.9 Å². The Kier molecular flexibility index (Phi) is 7.38. The SMILES string of the molecule is OC[C@H]1OC(c2ccc(Cl)c(Cc3ccc(OC4CCC5(CC4)COC5)cc3)c2)[C@H](O)[C@@H](O)[C@@H]1O. The van der Waals surface area contributed by atoms with Crippen molar-refractivity contribution in [2.75, 3.05) is 19.8 Å². The fraction of sp³-hybridized carbons (Fsp3) is 0.556. The first-order valence-corrected chi connectivity index (χ1v) is 12.7. The highest BCUT2D eigenvalue weighted by Gasteiger charge is 2.44. The van der Waals surface area contributed by atoms with Gasteiger partial charge in [-0.15, -0.1) is 0 Å². The summed E-state index contributed by atoms with van der Waals surface area (Å²) in [7, 11) is 0. The highest BCUT2D eigenvalue weighted by Crippen LogP contribution is 2.43. The monoisotopic (exact) mass is 504 g/mol. The summed E-state index contributed by atoms with van der Waals surface area (Å²) in [5.74, 6) is 0.862. The molecule has 2 aromatic carbocycles. The molecule has 35 heavy (non-hydrogen) atoms. The molecule has 0 amide bonds. The Hall–Kier alpha value is -1.71. The van der Waals surface area contributed by atoms with E-state index in [1.807, 2.05) is 30.3 Å². The standard InChI is InChI=1S/C27H33ClO7/c28-21-6-3-17(26-25(32)24(31)23(30)22(13-29)35-26)12-18(21)11-16-1-4-19(5-2-16)34-20-7-9-27(10-8-20)14-33-15-27/h1-6,12,20,22-26,29-32H,7-11,13-15H2/t22-,23-,24+,25-,26?/m1/s1. The lowest BCUT2D eigenvalue weighted by atomic mass is 9.72. The van der Waals surface area contributed by atoms with Gasteiger partial charge in [0.2, 0.25) is 0 Å². The Morgan fingerprint density at radius 1 is 0.943 bits per heavy atom. The molecule has 2 aliphatic heterocycles. The topological polar surface area (TPSA) is 109 Å². The van der Waals surface area contributed by atoms with Crippen molar-refractivity contribution in [3.63, 3.8) is 0 Å². The lowest BCUT2D eigenvalue weighted by Crippen LogP contribution is -2.55. The van der Waals surface area contributed by atoms with E-state index < -0.39 is 37.1 Å². The van der Waals surface area contributed by atoms with Crippen LogP contribution in [0.3, 0.4) is 0 Å². The van der Waals surface area contributed by atoms with Crippen LogP contribution >= 0.6 is 11.6 Å². The van der Waals surface area contributed by atoms with E-state index in [0.717, 1.165) is 42.9 Å². The summed E-state index contributed by atoms with van der Waals surface area (Å²) in [6.07, 6.45) is -0.720. The summed E-state index contributed by atoms with van der Waals surface area (Å²) >= 11 is 6.46. The van der Waals surface area contributed by atoms with E-state index >= 15 is 0 Å². The van der Waals surface area contributed by atoms with Crippen molar-refractivity contribution >= 4 is 11.6 Å². The number of aliphatic hydroxyl groups excluding tert-OH is 4. The molecule has 8 heteroatoms. The second-order valence-electron chi connectivity index (χ2n) is 10.2. The average Bonchev–Trinajstić information content (AvgIpc) is 2.85. The molecule has 190 valence electrons. The van der Waals surface area contributed by atoms with Gasteiger partial charge in [-0.1, -0.05) is 35.9 Å². The number of rotatable bonds is 6. The first-order chi connectivity index (χ1) is 16.9. The molecule has 3 aliphatic rings. The molecule has 1 saturated carbocycles. The summed E-state index contributed by atoms with van der Waals surface area (Å²) in [6.45, 7) is 1.33. The molecule has 4 N–H and O–H groups in total. The van der Waals surface area contributed by atoms with Gasteiger partial charge in [0, 0.05) is 10.4 Å². The van der Waals surface area contributed by atoms with Gasteiger partial charge in [-0.2, -0.15) is 0 Å². The fourth-order valence-corrected chi connectivity index (χ4v) is 5.57. The predicted octanol–water partition coefficient (Wildman–Crippen LogP) is 2.78. The molecule has 7 nitrogen and oxygen atoms in total. The average molecular weight is 505 g/mol. The minimum absolute atomic E-state index is 0.247. The van der Waals surface area contributed by atoms with E-state index in [0.29, 0.717) is 22.4 Å². The van der Waals surface area contributed by atoms with E-state index in [1.54, 1.807) is 12.1 Å². The molecule has 0 aromatic heterocycles. The summed E-state index contributed by atoms with van der Waals surface area (Å²) in [6, 6.07) is 13.3. The molecule has 1 aliphatic carbocycles. The minimum Gasteiger partial charge on any atom is -0.490 e. The maximum atomic E-state index is 10.5. The van der Waals surface area contributed by atoms with Crippen LogP contribution in [0.4, 0.5) is 0 Å². The van der Waals surface area contributed by atoms with Crippen LogP contribution in [0.1, 0.15) is 48.5 Å². The van der Waals surface area contributed by atoms with Gasteiger partial charge in [0.15, 0.2) is 0 Å². The minimum atomic E-state index is -1.42. The van der Waals surface area contributed by atoms with Gasteiger partial charge < -0.3 is 34.6 Å². The lowest BCUT2D eigenvalue weighted by Gasteiger charge is -2.46. The molecular formula is C27H33ClO7. The van der Waals surface area contributed by atoms with E-state index in [-0.39, 0.29) is 6.10 Å². The van der Waals surface area contributed by atoms with Gasteiger partial charge in [-0.3, -0.25) is 0 Å². The number of hydrogen-bond donors (Lipinski definition) is 4. The van der Waals surface area contributed by atoms with Gasteiger partial charge in [0.1, 0.15) is 36.3 Å². The Balaban J connectivity index is 1.23. The Morgan fingerprint density at radius 2 is 1.66 bits per heavy atom. The van der Waals surface area contributed by atoms with Crippen LogP contribution in [0.25, 0.3) is 0 Å². The van der Waals surface area contributed by atoms with E-state index in [9.17, 15) is 20.4 Å². The maximum Gasteiger partial charge on any atom is 0.119 e. The summed E-state index contributed by atoms with van der Waals surface area (Å²) in [4.78, 5) is 0. The summed E-state index contributed by atoms with van der Waals surface area (Å²) in [5, 5.41) is 40.7. The van der Waals surface area contributed by atoms with Crippen molar-refractivity contribution < 1.29 is 34.6 Å². The Bertz CT molecular complexity index is 997. The number of hydrogen-bond acceptors (Lipinski definition) is 7. The second kappa shape index (κ2) is 10.3. The van der Waals surface area contributed by atoms with Gasteiger partial charge in [0.25, 0.3) is 0 Å². The van der Waals surface area contributed by atoms with Gasteiger partial charge in [-0.25, -0.2) is 0 Å². The zero-order chi connectivity index (χ0) is 24.6. The van der Waals surface area contributed by atoms with Crippen molar-refractivity contribution in [2.24, 2.45) is 5.41 Å². The van der Waals surface area contributed by atoms with Crippen molar-refractivity contribution in [3.8, 4) is 5.75 Å². The van der Waals surface area contributed by atoms with Gasteiger partial charge in [-0.05, 0) is 67.0 Å². The third-order valence-corrected chi connectivity index (χ3v) is 8.09. The number of ether oxygens (including phenoxy) is 3. The Morgan fingerprint density at radius 3 is 2.29 bits per heavy atom. The molecule has 1 spiro atoms. The molecular weight excluding hydrogens is 472 g/mol. The summed E-state index contributed by atoms with van der Waals surface area (Å²) < 4.78 is 17.3. The van der Waals surface area contributed by atoms with Crippen LogP contribution in [-0.4, -0.2) is 70.8 Å². The van der Waals surface area contributed by atoms with Gasteiger partial charge >= 0.3 is 0 Å². The molecule has 5 rings (SSSR count). The first kappa shape index (κ1) is 25.0. The predicted molar refractivity (Wildman–Crippen MR) is 130 cm³/mol. The van der Waals surface area contributed by atoms with Crippen LogP contribution in [0.15, 0.2) is 42.5 Å².